The Hall–Kier alpha value is -2.89. The summed E-state index contributed by atoms with van der Waals surface area (Å²) in [5, 5.41) is 4.23. The van der Waals surface area contributed by atoms with E-state index < -0.39 is 0 Å². The summed E-state index contributed by atoms with van der Waals surface area (Å²) in [6.45, 7) is 1.91. The molecule has 1 aromatic carbocycles. The molecule has 6 heteroatoms. The molecule has 20 heavy (non-hydrogen) atoms. The second-order valence-electron chi connectivity index (χ2n) is 4.32. The van der Waals surface area contributed by atoms with Crippen molar-refractivity contribution < 1.29 is 4.74 Å². The fourth-order valence-electron chi connectivity index (χ4n) is 1.75. The highest BCUT2D eigenvalue weighted by Crippen LogP contribution is 2.23. The van der Waals surface area contributed by atoms with E-state index in [9.17, 15) is 0 Å². The molecule has 0 radical (unpaired) electrons. The molecule has 3 aromatic rings. The highest BCUT2D eigenvalue weighted by Gasteiger charge is 2.08. The van der Waals surface area contributed by atoms with Gasteiger partial charge in [0.05, 0.1) is 11.4 Å². The summed E-state index contributed by atoms with van der Waals surface area (Å²) >= 11 is 0. The van der Waals surface area contributed by atoms with E-state index in [1.165, 1.54) is 0 Å². The van der Waals surface area contributed by atoms with Crippen LogP contribution in [0.25, 0.3) is 5.69 Å². The van der Waals surface area contributed by atoms with E-state index in [2.05, 4.69) is 15.1 Å². The minimum Gasteiger partial charge on any atom is -0.402 e. The number of ether oxygens (including phenoxy) is 1. The van der Waals surface area contributed by atoms with E-state index in [1.54, 1.807) is 23.3 Å². The minimum absolute atomic E-state index is 0.205. The maximum atomic E-state index is 5.84. The first-order chi connectivity index (χ1) is 9.72. The summed E-state index contributed by atoms with van der Waals surface area (Å²) in [5.74, 6) is 0.307. The lowest BCUT2D eigenvalue weighted by Gasteiger charge is -2.04. The van der Waals surface area contributed by atoms with E-state index in [-0.39, 0.29) is 6.01 Å². The van der Waals surface area contributed by atoms with Crippen molar-refractivity contribution in [2.45, 2.75) is 6.92 Å². The van der Waals surface area contributed by atoms with Crippen LogP contribution in [0.1, 0.15) is 5.56 Å². The van der Waals surface area contributed by atoms with Crippen molar-refractivity contribution in [1.82, 2.24) is 19.7 Å². The normalized spacial score (nSPS) is 10.4. The summed E-state index contributed by atoms with van der Waals surface area (Å²) in [6.07, 6.45) is 3.26. The lowest BCUT2D eigenvalue weighted by molar-refractivity contribution is 0.427. The SMILES string of the molecule is Cc1cnc(Oc2ncn(-c3ccccc3)n2)c(N)c1. The van der Waals surface area contributed by atoms with Crippen LogP contribution in [0.2, 0.25) is 0 Å². The predicted octanol–water partition coefficient (Wildman–Crippen LogP) is 2.35. The fraction of sp³-hybridized carbons (Fsp3) is 0.0714. The van der Waals surface area contributed by atoms with E-state index in [4.69, 9.17) is 10.5 Å². The van der Waals surface area contributed by atoms with Crippen LogP contribution in [0.4, 0.5) is 5.69 Å². The molecule has 0 atom stereocenters. The van der Waals surface area contributed by atoms with Crippen molar-refractivity contribution in [2.24, 2.45) is 0 Å². The molecular weight excluding hydrogens is 254 g/mol. The molecule has 0 amide bonds. The van der Waals surface area contributed by atoms with Crippen molar-refractivity contribution in [3.8, 4) is 17.6 Å². The lowest BCUT2D eigenvalue weighted by atomic mass is 10.3. The zero-order chi connectivity index (χ0) is 13.9. The maximum absolute atomic E-state index is 5.84. The number of aromatic nitrogens is 4. The van der Waals surface area contributed by atoms with Crippen LogP contribution in [0.5, 0.6) is 11.9 Å². The Labute approximate surface area is 115 Å². The number of pyridine rings is 1. The molecule has 0 bridgehead atoms. The number of nitrogens with zero attached hydrogens (tertiary/aromatic N) is 4. The van der Waals surface area contributed by atoms with E-state index in [1.807, 2.05) is 37.3 Å². The number of benzene rings is 1. The Bertz CT molecular complexity index is 723. The Morgan fingerprint density at radius 1 is 1.15 bits per heavy atom. The number of hydrogen-bond acceptors (Lipinski definition) is 5. The van der Waals surface area contributed by atoms with Crippen molar-refractivity contribution in [2.75, 3.05) is 5.73 Å². The number of anilines is 1. The number of aryl methyl sites for hydroxylation is 1. The zero-order valence-corrected chi connectivity index (χ0v) is 10.9. The molecule has 100 valence electrons. The molecule has 0 fully saturated rings. The number of rotatable bonds is 3. The number of nitrogen functional groups attached to an aromatic ring is 1. The molecule has 2 N–H and O–H groups in total. The summed E-state index contributed by atoms with van der Waals surface area (Å²) in [5.41, 5.74) is 8.17. The Balaban J connectivity index is 1.84. The molecule has 2 heterocycles. The van der Waals surface area contributed by atoms with Crippen LogP contribution in [0, 0.1) is 6.92 Å². The van der Waals surface area contributed by atoms with Crippen molar-refractivity contribution in [3.63, 3.8) is 0 Å². The molecule has 2 aromatic heterocycles. The van der Waals surface area contributed by atoms with Gasteiger partial charge in [0.25, 0.3) is 0 Å². The first-order valence-corrected chi connectivity index (χ1v) is 6.09. The number of nitrogens with two attached hydrogens (primary N) is 1. The molecule has 3 rings (SSSR count). The molecule has 0 aliphatic carbocycles. The molecule has 6 nitrogen and oxygen atoms in total. The average Bonchev–Trinajstić information content (AvgIpc) is 2.92. The van der Waals surface area contributed by atoms with Gasteiger partial charge >= 0.3 is 6.01 Å². The minimum atomic E-state index is 0.205. The average molecular weight is 267 g/mol. The summed E-state index contributed by atoms with van der Waals surface area (Å²) < 4.78 is 7.11. The second-order valence-corrected chi connectivity index (χ2v) is 4.32. The predicted molar refractivity (Wildman–Crippen MR) is 74.8 cm³/mol. The fourth-order valence-corrected chi connectivity index (χ4v) is 1.75. The highest BCUT2D eigenvalue weighted by molar-refractivity contribution is 5.49. The molecule has 0 saturated carbocycles. The van der Waals surface area contributed by atoms with Crippen molar-refractivity contribution in [1.29, 1.82) is 0 Å². The van der Waals surface area contributed by atoms with Gasteiger partial charge in [-0.05, 0) is 30.7 Å². The number of para-hydroxylation sites is 1. The molecule has 0 aliphatic heterocycles. The first kappa shape index (κ1) is 12.2. The van der Waals surface area contributed by atoms with E-state index >= 15 is 0 Å². The van der Waals surface area contributed by atoms with Crippen molar-refractivity contribution >= 4 is 5.69 Å². The van der Waals surface area contributed by atoms with Crippen LogP contribution in [0.15, 0.2) is 48.9 Å². The van der Waals surface area contributed by atoms with Gasteiger partial charge in [-0.3, -0.25) is 0 Å². The van der Waals surface area contributed by atoms with Crippen LogP contribution < -0.4 is 10.5 Å². The third kappa shape index (κ3) is 2.44. The molecule has 0 spiro atoms. The molecule has 0 unspecified atom stereocenters. The van der Waals surface area contributed by atoms with Gasteiger partial charge in [-0.1, -0.05) is 18.2 Å². The quantitative estimate of drug-likeness (QED) is 0.788. The third-order valence-corrected chi connectivity index (χ3v) is 2.70. The van der Waals surface area contributed by atoms with Crippen LogP contribution in [-0.2, 0) is 0 Å². The smallest absolute Gasteiger partial charge is 0.342 e. The summed E-state index contributed by atoms with van der Waals surface area (Å²) in [6, 6.07) is 11.6. The third-order valence-electron chi connectivity index (χ3n) is 2.70. The monoisotopic (exact) mass is 267 g/mol. The Morgan fingerprint density at radius 2 is 1.95 bits per heavy atom. The standard InChI is InChI=1S/C14H13N5O/c1-10-7-12(15)13(16-8-10)20-14-17-9-19(18-14)11-5-3-2-4-6-11/h2-9H,15H2,1H3. The molecular formula is C14H13N5O. The number of hydrogen-bond donors (Lipinski definition) is 1. The van der Waals surface area contributed by atoms with Crippen molar-refractivity contribution in [3.05, 3.63) is 54.5 Å². The van der Waals surface area contributed by atoms with E-state index in [0.29, 0.717) is 11.6 Å². The molecule has 0 saturated heterocycles. The van der Waals surface area contributed by atoms with Crippen LogP contribution in [0.3, 0.4) is 0 Å². The van der Waals surface area contributed by atoms with Gasteiger partial charge in [0, 0.05) is 6.20 Å². The van der Waals surface area contributed by atoms with Gasteiger partial charge in [0.15, 0.2) is 0 Å². The summed E-state index contributed by atoms with van der Waals surface area (Å²) in [4.78, 5) is 8.20. The first-order valence-electron chi connectivity index (χ1n) is 6.09. The Morgan fingerprint density at radius 3 is 2.70 bits per heavy atom. The maximum Gasteiger partial charge on any atom is 0.342 e. The van der Waals surface area contributed by atoms with Gasteiger partial charge in [-0.25, -0.2) is 9.67 Å². The van der Waals surface area contributed by atoms with Gasteiger partial charge in [-0.15, -0.1) is 5.10 Å². The van der Waals surface area contributed by atoms with Gasteiger partial charge < -0.3 is 10.5 Å². The highest BCUT2D eigenvalue weighted by atomic mass is 16.5. The molecule has 0 aliphatic rings. The van der Waals surface area contributed by atoms with Gasteiger partial charge in [0.1, 0.15) is 6.33 Å². The summed E-state index contributed by atoms with van der Waals surface area (Å²) in [7, 11) is 0. The van der Waals surface area contributed by atoms with Crippen LogP contribution in [-0.4, -0.2) is 19.7 Å². The zero-order valence-electron chi connectivity index (χ0n) is 10.9. The van der Waals surface area contributed by atoms with Crippen LogP contribution >= 0.6 is 0 Å². The topological polar surface area (TPSA) is 78.9 Å². The largest absolute Gasteiger partial charge is 0.402 e. The lowest BCUT2D eigenvalue weighted by Crippen LogP contribution is -1.98. The Kier molecular flexibility index (Phi) is 3.04. The van der Waals surface area contributed by atoms with Gasteiger partial charge in [0.2, 0.25) is 5.88 Å². The van der Waals surface area contributed by atoms with E-state index in [0.717, 1.165) is 11.3 Å². The van der Waals surface area contributed by atoms with Gasteiger partial charge in [-0.2, -0.15) is 4.98 Å². The second kappa shape index (κ2) is 5.00.